The number of para-hydroxylation sites is 1. The number of hydrogen-bond donors (Lipinski definition) is 0. The van der Waals surface area contributed by atoms with E-state index in [2.05, 4.69) is 5.10 Å². The zero-order valence-corrected chi connectivity index (χ0v) is 19.5. The summed E-state index contributed by atoms with van der Waals surface area (Å²) in [5.74, 6) is -2.67. The summed E-state index contributed by atoms with van der Waals surface area (Å²) in [6.07, 6.45) is 0. The summed E-state index contributed by atoms with van der Waals surface area (Å²) in [5.41, 5.74) is -0.536. The predicted octanol–water partition coefficient (Wildman–Crippen LogP) is 4.93. The number of esters is 1. The number of aromatic nitrogens is 2. The summed E-state index contributed by atoms with van der Waals surface area (Å²) in [7, 11) is -4.39. The van der Waals surface area contributed by atoms with Crippen molar-refractivity contribution in [1.82, 2.24) is 9.78 Å². The number of sulfone groups is 1. The lowest BCUT2D eigenvalue weighted by atomic mass is 10.2. The third kappa shape index (κ3) is 4.51. The van der Waals surface area contributed by atoms with Gasteiger partial charge < -0.3 is 4.74 Å². The highest BCUT2D eigenvalue weighted by Gasteiger charge is 2.33. The fourth-order valence-electron chi connectivity index (χ4n) is 3.33. The van der Waals surface area contributed by atoms with Gasteiger partial charge in [-0.25, -0.2) is 17.6 Å². The maximum atomic E-state index is 14.4. The number of nitro groups is 1. The quantitative estimate of drug-likeness (QED) is 0.202. The van der Waals surface area contributed by atoms with Gasteiger partial charge in [-0.1, -0.05) is 35.9 Å². The van der Waals surface area contributed by atoms with Crippen molar-refractivity contribution < 1.29 is 27.3 Å². The Hall–Kier alpha value is -4.09. The summed E-state index contributed by atoms with van der Waals surface area (Å²) in [6.45, 7) is 1.39. The first-order valence-electron chi connectivity index (χ1n) is 9.92. The van der Waals surface area contributed by atoms with Crippen molar-refractivity contribution in [3.8, 4) is 11.6 Å². The first-order valence-corrected chi connectivity index (χ1v) is 11.8. The molecule has 0 aliphatic rings. The molecule has 0 saturated carbocycles. The first kappa shape index (κ1) is 24.0. The third-order valence-corrected chi connectivity index (χ3v) is 7.16. The average Bonchev–Trinajstić information content (AvgIpc) is 3.15. The lowest BCUT2D eigenvalue weighted by molar-refractivity contribution is -0.384. The maximum absolute atomic E-state index is 14.4. The molecule has 0 spiro atoms. The van der Waals surface area contributed by atoms with Gasteiger partial charge in [0.05, 0.1) is 26.2 Å². The van der Waals surface area contributed by atoms with E-state index in [1.54, 1.807) is 30.3 Å². The van der Waals surface area contributed by atoms with Crippen molar-refractivity contribution in [3.63, 3.8) is 0 Å². The van der Waals surface area contributed by atoms with E-state index >= 15 is 0 Å². The van der Waals surface area contributed by atoms with Crippen molar-refractivity contribution in [1.29, 1.82) is 0 Å². The molecule has 4 rings (SSSR count). The molecule has 0 saturated heterocycles. The van der Waals surface area contributed by atoms with Crippen LogP contribution in [0.3, 0.4) is 0 Å². The van der Waals surface area contributed by atoms with Gasteiger partial charge in [0.25, 0.3) is 5.69 Å². The molecule has 0 unspecified atom stereocenters. The van der Waals surface area contributed by atoms with Crippen molar-refractivity contribution in [3.05, 3.63) is 105 Å². The monoisotopic (exact) mass is 515 g/mol. The van der Waals surface area contributed by atoms with Gasteiger partial charge in [-0.2, -0.15) is 9.78 Å². The number of carbonyl (C=O) groups is 1. The van der Waals surface area contributed by atoms with Gasteiger partial charge in [-0.15, -0.1) is 0 Å². The highest BCUT2D eigenvalue weighted by Crippen LogP contribution is 2.36. The number of rotatable bonds is 6. The lowest BCUT2D eigenvalue weighted by Crippen LogP contribution is -2.16. The largest absolute Gasteiger partial charge is 0.402 e. The molecule has 0 atom stereocenters. The molecule has 0 bridgehead atoms. The Morgan fingerprint density at radius 2 is 1.71 bits per heavy atom. The number of carbonyl (C=O) groups excluding carboxylic acids is 1. The van der Waals surface area contributed by atoms with E-state index in [1.807, 2.05) is 0 Å². The van der Waals surface area contributed by atoms with Crippen molar-refractivity contribution in [2.75, 3.05) is 0 Å². The van der Waals surface area contributed by atoms with E-state index in [0.29, 0.717) is 5.69 Å². The highest BCUT2D eigenvalue weighted by atomic mass is 35.5. The van der Waals surface area contributed by atoms with E-state index < -0.39 is 42.9 Å². The van der Waals surface area contributed by atoms with Crippen LogP contribution in [-0.4, -0.2) is 29.1 Å². The number of aryl methyl sites for hydroxylation is 1. The average molecular weight is 516 g/mol. The molecule has 1 aromatic heterocycles. The molecule has 35 heavy (non-hydrogen) atoms. The summed E-state index contributed by atoms with van der Waals surface area (Å²) in [4.78, 5) is 22.5. The summed E-state index contributed by atoms with van der Waals surface area (Å²) >= 11 is 5.98. The van der Waals surface area contributed by atoms with Crippen LogP contribution in [0.1, 0.15) is 16.1 Å². The number of non-ortho nitro benzene ring substituents is 1. The molecule has 0 aliphatic carbocycles. The molecule has 0 amide bonds. The Labute approximate surface area is 203 Å². The smallest absolute Gasteiger partial charge is 0.349 e. The first-order chi connectivity index (χ1) is 16.6. The normalized spacial score (nSPS) is 11.3. The van der Waals surface area contributed by atoms with Gasteiger partial charge in [0.15, 0.2) is 4.90 Å². The molecule has 12 heteroatoms. The second kappa shape index (κ2) is 9.28. The van der Waals surface area contributed by atoms with Gasteiger partial charge in [-0.05, 0) is 43.3 Å². The summed E-state index contributed by atoms with van der Waals surface area (Å²) in [6, 6.07) is 16.0. The van der Waals surface area contributed by atoms with Crippen LogP contribution in [0.15, 0.2) is 82.6 Å². The summed E-state index contributed by atoms with van der Waals surface area (Å²) in [5, 5.41) is 15.0. The predicted molar refractivity (Wildman–Crippen MR) is 123 cm³/mol. The molecule has 0 fully saturated rings. The minimum Gasteiger partial charge on any atom is -0.402 e. The van der Waals surface area contributed by atoms with Gasteiger partial charge in [0.1, 0.15) is 11.4 Å². The van der Waals surface area contributed by atoms with Gasteiger partial charge in [-0.3, -0.25) is 10.1 Å². The van der Waals surface area contributed by atoms with Gasteiger partial charge >= 0.3 is 5.97 Å². The van der Waals surface area contributed by atoms with Crippen molar-refractivity contribution in [2.24, 2.45) is 0 Å². The molecular weight excluding hydrogens is 501 g/mol. The van der Waals surface area contributed by atoms with Gasteiger partial charge in [0, 0.05) is 12.1 Å². The molecule has 3 aromatic carbocycles. The SMILES string of the molecule is Cc1nn(-c2ccccc2)c(OC(=O)c2c(F)cccc2Cl)c1S(=O)(=O)c1ccc([N+](=O)[O-])cc1. The van der Waals surface area contributed by atoms with Crippen molar-refractivity contribution in [2.45, 2.75) is 16.7 Å². The van der Waals surface area contributed by atoms with Gasteiger partial charge in [0.2, 0.25) is 15.7 Å². The maximum Gasteiger partial charge on any atom is 0.349 e. The Bertz CT molecular complexity index is 1530. The molecule has 0 N–H and O–H groups in total. The number of benzene rings is 3. The Balaban J connectivity index is 1.90. The Morgan fingerprint density at radius 3 is 2.31 bits per heavy atom. The van der Waals surface area contributed by atoms with E-state index in [-0.39, 0.29) is 21.3 Å². The minimum absolute atomic E-state index is 0.0189. The van der Waals surface area contributed by atoms with Crippen LogP contribution >= 0.6 is 11.6 Å². The molecule has 1 heterocycles. The summed E-state index contributed by atoms with van der Waals surface area (Å²) < 4.78 is 47.9. The fraction of sp³-hybridized carbons (Fsp3) is 0.0435. The molecule has 4 aromatic rings. The fourth-order valence-corrected chi connectivity index (χ4v) is 5.09. The number of nitro benzene ring substituents is 1. The van der Waals surface area contributed by atoms with E-state index in [0.717, 1.165) is 35.0 Å². The Morgan fingerprint density at radius 1 is 1.06 bits per heavy atom. The third-order valence-electron chi connectivity index (χ3n) is 4.95. The molecule has 9 nitrogen and oxygen atoms in total. The molecule has 0 radical (unpaired) electrons. The van der Waals surface area contributed by atoms with Crippen LogP contribution in [0.5, 0.6) is 5.88 Å². The number of ether oxygens (including phenoxy) is 1. The Kier molecular flexibility index (Phi) is 6.37. The van der Waals surface area contributed by atoms with Crippen LogP contribution in [-0.2, 0) is 9.84 Å². The van der Waals surface area contributed by atoms with Crippen molar-refractivity contribution >= 4 is 33.1 Å². The van der Waals surface area contributed by atoms with Crippen LogP contribution < -0.4 is 4.74 Å². The van der Waals surface area contributed by atoms with Crippen LogP contribution in [0.25, 0.3) is 5.69 Å². The second-order valence-electron chi connectivity index (χ2n) is 7.21. The van der Waals surface area contributed by atoms with Crippen LogP contribution in [0.4, 0.5) is 10.1 Å². The molecular formula is C23H15ClFN3O6S. The van der Waals surface area contributed by atoms with Crippen LogP contribution in [0.2, 0.25) is 5.02 Å². The number of hydrogen-bond acceptors (Lipinski definition) is 7. The molecule has 0 aliphatic heterocycles. The zero-order valence-electron chi connectivity index (χ0n) is 17.9. The van der Waals surface area contributed by atoms with E-state index in [4.69, 9.17) is 16.3 Å². The molecule has 178 valence electrons. The van der Waals surface area contributed by atoms with Crippen LogP contribution in [0, 0.1) is 22.9 Å². The minimum atomic E-state index is -4.39. The zero-order chi connectivity index (χ0) is 25.3. The number of nitrogens with zero attached hydrogens (tertiary/aromatic N) is 3. The topological polar surface area (TPSA) is 121 Å². The van der Waals surface area contributed by atoms with E-state index in [1.165, 1.54) is 19.1 Å². The highest BCUT2D eigenvalue weighted by molar-refractivity contribution is 7.91. The van der Waals surface area contributed by atoms with E-state index in [9.17, 15) is 27.7 Å². The standard InChI is InChI=1S/C23H15ClFN3O6S/c1-14-21(35(32,33)17-12-10-16(11-13-17)28(30)31)22(27(26-14)15-6-3-2-4-7-15)34-23(29)20-18(24)8-5-9-19(20)25/h2-13H,1H3. The number of halogens is 2. The second-order valence-corrected chi connectivity index (χ2v) is 9.50. The lowest BCUT2D eigenvalue weighted by Gasteiger charge is -2.12.